The number of hydrogen-bond acceptors (Lipinski definition) is 2. The highest BCUT2D eigenvalue weighted by Gasteiger charge is 2.17. The SMILES string of the molecule is CC(C)(C)c1ccc(S(=O)(=O)Nc2cccc(F)c2)cc1. The molecule has 0 saturated carbocycles. The van der Waals surface area contributed by atoms with Gasteiger partial charge in [0, 0.05) is 0 Å². The molecule has 0 saturated heterocycles. The van der Waals surface area contributed by atoms with Crippen molar-refractivity contribution in [2.45, 2.75) is 31.1 Å². The molecular formula is C16H18FNO2S. The van der Waals surface area contributed by atoms with Crippen LogP contribution in [0, 0.1) is 5.82 Å². The largest absolute Gasteiger partial charge is 0.280 e. The van der Waals surface area contributed by atoms with E-state index in [1.165, 1.54) is 18.2 Å². The van der Waals surface area contributed by atoms with Gasteiger partial charge in [-0.25, -0.2) is 12.8 Å². The lowest BCUT2D eigenvalue weighted by Crippen LogP contribution is -2.15. The van der Waals surface area contributed by atoms with E-state index in [4.69, 9.17) is 0 Å². The van der Waals surface area contributed by atoms with Crippen molar-refractivity contribution in [3.8, 4) is 0 Å². The number of rotatable bonds is 3. The first-order chi connectivity index (χ1) is 9.68. The molecule has 0 amide bonds. The third kappa shape index (κ3) is 3.82. The Bertz CT molecular complexity index is 732. The lowest BCUT2D eigenvalue weighted by atomic mass is 9.87. The van der Waals surface area contributed by atoms with Gasteiger partial charge in [-0.15, -0.1) is 0 Å². The zero-order valence-electron chi connectivity index (χ0n) is 12.2. The van der Waals surface area contributed by atoms with Crippen LogP contribution in [0.15, 0.2) is 53.4 Å². The maximum atomic E-state index is 13.1. The fourth-order valence-electron chi connectivity index (χ4n) is 1.90. The van der Waals surface area contributed by atoms with Gasteiger partial charge >= 0.3 is 0 Å². The molecule has 0 fully saturated rings. The van der Waals surface area contributed by atoms with Gasteiger partial charge in [-0.1, -0.05) is 39.0 Å². The van der Waals surface area contributed by atoms with Crippen molar-refractivity contribution in [2.75, 3.05) is 4.72 Å². The van der Waals surface area contributed by atoms with Crippen LogP contribution in [0.3, 0.4) is 0 Å². The van der Waals surface area contributed by atoms with Crippen molar-refractivity contribution >= 4 is 15.7 Å². The molecule has 2 aromatic rings. The molecule has 1 N–H and O–H groups in total. The van der Waals surface area contributed by atoms with Crippen LogP contribution in [0.1, 0.15) is 26.3 Å². The minimum absolute atomic E-state index is 0.0434. The molecule has 0 aliphatic heterocycles. The first-order valence-electron chi connectivity index (χ1n) is 6.57. The molecule has 0 aliphatic carbocycles. The molecule has 0 aliphatic rings. The number of sulfonamides is 1. The number of halogens is 1. The predicted molar refractivity (Wildman–Crippen MR) is 82.4 cm³/mol. The van der Waals surface area contributed by atoms with E-state index in [1.54, 1.807) is 24.3 Å². The Kier molecular flexibility index (Phi) is 4.05. The second kappa shape index (κ2) is 5.48. The average Bonchev–Trinajstić information content (AvgIpc) is 2.37. The smallest absolute Gasteiger partial charge is 0.261 e. The predicted octanol–water partition coefficient (Wildman–Crippen LogP) is 3.92. The maximum absolute atomic E-state index is 13.1. The topological polar surface area (TPSA) is 46.2 Å². The van der Waals surface area contributed by atoms with Crippen molar-refractivity contribution in [2.24, 2.45) is 0 Å². The van der Waals surface area contributed by atoms with Gasteiger partial charge in [0.2, 0.25) is 0 Å². The van der Waals surface area contributed by atoms with Gasteiger partial charge in [0.25, 0.3) is 10.0 Å². The average molecular weight is 307 g/mol. The molecule has 21 heavy (non-hydrogen) atoms. The van der Waals surface area contributed by atoms with Crippen LogP contribution in [0.5, 0.6) is 0 Å². The highest BCUT2D eigenvalue weighted by Crippen LogP contribution is 2.24. The molecule has 5 heteroatoms. The molecular weight excluding hydrogens is 289 g/mol. The summed E-state index contributed by atoms with van der Waals surface area (Å²) in [5.41, 5.74) is 1.21. The zero-order valence-corrected chi connectivity index (χ0v) is 13.0. The van der Waals surface area contributed by atoms with Gasteiger partial charge in [0.1, 0.15) is 5.82 Å². The quantitative estimate of drug-likeness (QED) is 0.934. The summed E-state index contributed by atoms with van der Waals surface area (Å²) in [4.78, 5) is 0.153. The Hall–Kier alpha value is -1.88. The van der Waals surface area contributed by atoms with Crippen LogP contribution < -0.4 is 4.72 Å². The van der Waals surface area contributed by atoms with Crippen molar-refractivity contribution in [3.63, 3.8) is 0 Å². The Morgan fingerprint density at radius 3 is 2.14 bits per heavy atom. The van der Waals surface area contributed by atoms with E-state index < -0.39 is 15.8 Å². The normalized spacial score (nSPS) is 12.2. The molecule has 0 heterocycles. The van der Waals surface area contributed by atoms with Crippen LogP contribution in [0.2, 0.25) is 0 Å². The Balaban J connectivity index is 2.28. The third-order valence-electron chi connectivity index (χ3n) is 3.11. The van der Waals surface area contributed by atoms with Crippen LogP contribution in [-0.4, -0.2) is 8.42 Å². The molecule has 0 unspecified atom stereocenters. The summed E-state index contributed by atoms with van der Waals surface area (Å²) in [6, 6.07) is 12.1. The lowest BCUT2D eigenvalue weighted by Gasteiger charge is -2.19. The third-order valence-corrected chi connectivity index (χ3v) is 4.50. The summed E-state index contributed by atoms with van der Waals surface area (Å²) in [5, 5.41) is 0. The maximum Gasteiger partial charge on any atom is 0.261 e. The summed E-state index contributed by atoms with van der Waals surface area (Å²) in [5.74, 6) is -0.488. The molecule has 2 rings (SSSR count). The van der Waals surface area contributed by atoms with E-state index in [0.717, 1.165) is 11.6 Å². The first-order valence-corrected chi connectivity index (χ1v) is 8.06. The fourth-order valence-corrected chi connectivity index (χ4v) is 2.95. The highest BCUT2D eigenvalue weighted by atomic mass is 32.2. The zero-order chi connectivity index (χ0) is 15.7. The summed E-state index contributed by atoms with van der Waals surface area (Å²) >= 11 is 0. The van der Waals surface area contributed by atoms with E-state index in [-0.39, 0.29) is 16.0 Å². The van der Waals surface area contributed by atoms with Gasteiger partial charge in [-0.05, 0) is 41.3 Å². The number of nitrogens with one attached hydrogen (secondary N) is 1. The molecule has 0 atom stereocenters. The van der Waals surface area contributed by atoms with E-state index in [9.17, 15) is 12.8 Å². The van der Waals surface area contributed by atoms with Crippen molar-refractivity contribution in [1.82, 2.24) is 0 Å². The summed E-state index contributed by atoms with van der Waals surface area (Å²) in [6.07, 6.45) is 0. The number of hydrogen-bond donors (Lipinski definition) is 1. The van der Waals surface area contributed by atoms with Gasteiger partial charge in [0.05, 0.1) is 10.6 Å². The molecule has 0 spiro atoms. The van der Waals surface area contributed by atoms with Crippen molar-refractivity contribution in [3.05, 3.63) is 59.9 Å². The van der Waals surface area contributed by atoms with Crippen LogP contribution in [0.25, 0.3) is 0 Å². The van der Waals surface area contributed by atoms with Gasteiger partial charge < -0.3 is 0 Å². The number of anilines is 1. The Labute approximate surface area is 124 Å². The Morgan fingerprint density at radius 2 is 1.62 bits per heavy atom. The van der Waals surface area contributed by atoms with E-state index in [1.807, 2.05) is 0 Å². The van der Waals surface area contributed by atoms with E-state index in [2.05, 4.69) is 25.5 Å². The minimum Gasteiger partial charge on any atom is -0.280 e. The van der Waals surface area contributed by atoms with E-state index in [0.29, 0.717) is 0 Å². The van der Waals surface area contributed by atoms with Gasteiger partial charge in [-0.2, -0.15) is 0 Å². The van der Waals surface area contributed by atoms with Gasteiger partial charge in [-0.3, -0.25) is 4.72 Å². The summed E-state index contributed by atoms with van der Waals surface area (Å²) in [6.45, 7) is 6.17. The fraction of sp³-hybridized carbons (Fsp3) is 0.250. The van der Waals surface area contributed by atoms with Crippen molar-refractivity contribution in [1.29, 1.82) is 0 Å². The second-order valence-electron chi connectivity index (χ2n) is 5.89. The highest BCUT2D eigenvalue weighted by molar-refractivity contribution is 7.92. The molecule has 2 aromatic carbocycles. The van der Waals surface area contributed by atoms with Crippen LogP contribution in [-0.2, 0) is 15.4 Å². The molecule has 3 nitrogen and oxygen atoms in total. The molecule has 0 aromatic heterocycles. The first kappa shape index (κ1) is 15.5. The van der Waals surface area contributed by atoms with Crippen LogP contribution in [0.4, 0.5) is 10.1 Å². The van der Waals surface area contributed by atoms with Gasteiger partial charge in [0.15, 0.2) is 0 Å². The number of benzene rings is 2. The Morgan fingerprint density at radius 1 is 1.00 bits per heavy atom. The minimum atomic E-state index is -3.71. The summed E-state index contributed by atoms with van der Waals surface area (Å²) in [7, 11) is -3.71. The van der Waals surface area contributed by atoms with Crippen LogP contribution >= 0.6 is 0 Å². The molecule has 0 bridgehead atoms. The monoisotopic (exact) mass is 307 g/mol. The molecule has 112 valence electrons. The van der Waals surface area contributed by atoms with E-state index >= 15 is 0 Å². The molecule has 0 radical (unpaired) electrons. The standard InChI is InChI=1S/C16H18FNO2S/c1-16(2,3)12-7-9-15(10-8-12)21(19,20)18-14-6-4-5-13(17)11-14/h4-11,18H,1-3H3. The lowest BCUT2D eigenvalue weighted by molar-refractivity contribution is 0.587. The van der Waals surface area contributed by atoms with Crippen molar-refractivity contribution < 1.29 is 12.8 Å². The summed E-state index contributed by atoms with van der Waals surface area (Å²) < 4.78 is 39.9. The second-order valence-corrected chi connectivity index (χ2v) is 7.57.